The highest BCUT2D eigenvalue weighted by Crippen LogP contribution is 2.60. The van der Waals surface area contributed by atoms with E-state index in [2.05, 4.69) is 41.1 Å². The molecule has 0 radical (unpaired) electrons. The molecular weight excluding hydrogens is 434 g/mol. The Morgan fingerprint density at radius 3 is 2.50 bits per heavy atom. The minimum absolute atomic E-state index is 0.00190. The summed E-state index contributed by atoms with van der Waals surface area (Å²) in [5.74, 6) is -1.66. The number of aromatic nitrogens is 1. The third-order valence-corrected chi connectivity index (χ3v) is 8.51. The van der Waals surface area contributed by atoms with Crippen molar-refractivity contribution in [2.24, 2.45) is 5.41 Å². The molecule has 1 aliphatic heterocycles. The van der Waals surface area contributed by atoms with Crippen LogP contribution in [0.25, 0.3) is 10.9 Å². The first-order chi connectivity index (χ1) is 16.2. The van der Waals surface area contributed by atoms with E-state index < -0.39 is 11.5 Å². The molecule has 6 rings (SSSR count). The molecular formula is C28H32F2N2O2. The quantitative estimate of drug-likeness (QED) is 0.469. The van der Waals surface area contributed by atoms with Gasteiger partial charge in [0.2, 0.25) is 5.92 Å². The van der Waals surface area contributed by atoms with Crippen LogP contribution < -0.4 is 4.74 Å². The van der Waals surface area contributed by atoms with Gasteiger partial charge in [0.15, 0.2) is 0 Å². The Balaban J connectivity index is 1.35. The van der Waals surface area contributed by atoms with Crippen molar-refractivity contribution in [2.45, 2.75) is 69.6 Å². The maximum Gasteiger partial charge on any atom is 0.249 e. The van der Waals surface area contributed by atoms with Crippen LogP contribution in [0.15, 0.2) is 42.6 Å². The van der Waals surface area contributed by atoms with Crippen LogP contribution in [0, 0.1) is 12.3 Å². The van der Waals surface area contributed by atoms with Crippen molar-refractivity contribution in [3.63, 3.8) is 0 Å². The Morgan fingerprint density at radius 1 is 1.12 bits per heavy atom. The summed E-state index contributed by atoms with van der Waals surface area (Å²) in [5.41, 5.74) is 4.53. The normalized spacial score (nSPS) is 24.8. The standard InChI is InChI=1S/C28H32F2N2O2/c1-18-13-24(34-2)22(21-7-11-31-25(18)21)15-32-12-10-26(16-28(29,30)17-26)14-23(32)19-3-5-20(6-4-19)27(33)8-9-27/h3-7,11,13,23,31,33H,8-10,12,14-17H2,1-2H3/t23-/m0/s1. The number of alkyl halides is 2. The molecule has 2 aliphatic carbocycles. The minimum atomic E-state index is -2.52. The molecule has 2 saturated carbocycles. The van der Waals surface area contributed by atoms with Crippen LogP contribution in [0.2, 0.25) is 0 Å². The van der Waals surface area contributed by atoms with E-state index in [4.69, 9.17) is 4.74 Å². The van der Waals surface area contributed by atoms with Crippen LogP contribution in [0.1, 0.15) is 66.8 Å². The Morgan fingerprint density at radius 2 is 1.85 bits per heavy atom. The number of methoxy groups -OCH3 is 1. The molecule has 0 unspecified atom stereocenters. The van der Waals surface area contributed by atoms with Crippen molar-refractivity contribution >= 4 is 10.9 Å². The number of ether oxygens (including phenoxy) is 1. The molecule has 1 atom stereocenters. The number of fused-ring (bicyclic) bond motifs is 1. The predicted octanol–water partition coefficient (Wildman–Crippen LogP) is 6.22. The van der Waals surface area contributed by atoms with E-state index in [0.717, 1.165) is 71.1 Å². The summed E-state index contributed by atoms with van der Waals surface area (Å²) in [5, 5.41) is 11.6. The average Bonchev–Trinajstić information content (AvgIpc) is 3.35. The highest BCUT2D eigenvalue weighted by Gasteiger charge is 2.58. The molecule has 0 bridgehead atoms. The lowest BCUT2D eigenvalue weighted by Gasteiger charge is -2.54. The lowest BCUT2D eigenvalue weighted by molar-refractivity contribution is -0.186. The second kappa shape index (κ2) is 7.53. The van der Waals surface area contributed by atoms with Crippen molar-refractivity contribution in [3.05, 3.63) is 64.8 Å². The number of nitrogens with zero attached hydrogens (tertiary/aromatic N) is 1. The summed E-state index contributed by atoms with van der Waals surface area (Å²) in [6.45, 7) is 3.54. The van der Waals surface area contributed by atoms with E-state index in [0.29, 0.717) is 6.54 Å². The van der Waals surface area contributed by atoms with Crippen LogP contribution in [-0.2, 0) is 12.1 Å². The summed E-state index contributed by atoms with van der Waals surface area (Å²) >= 11 is 0. The second-order valence-corrected chi connectivity index (χ2v) is 10.9. The number of aryl methyl sites for hydroxylation is 1. The first-order valence-corrected chi connectivity index (χ1v) is 12.3. The largest absolute Gasteiger partial charge is 0.496 e. The zero-order valence-electron chi connectivity index (χ0n) is 19.8. The summed E-state index contributed by atoms with van der Waals surface area (Å²) in [6, 6.07) is 12.5. The number of nitrogens with one attached hydrogen (secondary N) is 1. The molecule has 1 saturated heterocycles. The van der Waals surface area contributed by atoms with Crippen molar-refractivity contribution in [1.29, 1.82) is 0 Å². The number of benzene rings is 2. The number of halogens is 2. The van der Waals surface area contributed by atoms with E-state index in [9.17, 15) is 13.9 Å². The SMILES string of the molecule is COc1cc(C)c2[nH]ccc2c1CN1CCC2(C[C@H]1c1ccc(C3(O)CC3)cc1)CC(F)(F)C2. The molecule has 2 N–H and O–H groups in total. The van der Waals surface area contributed by atoms with Gasteiger partial charge in [0, 0.05) is 48.1 Å². The molecule has 3 aromatic rings. The van der Waals surface area contributed by atoms with Crippen LogP contribution in [-0.4, -0.2) is 34.6 Å². The van der Waals surface area contributed by atoms with E-state index in [1.54, 1.807) is 7.11 Å². The van der Waals surface area contributed by atoms with Crippen LogP contribution in [0.3, 0.4) is 0 Å². The number of aliphatic hydroxyl groups is 1. The first-order valence-electron chi connectivity index (χ1n) is 12.3. The van der Waals surface area contributed by atoms with Crippen LogP contribution in [0.4, 0.5) is 8.78 Å². The highest BCUT2D eigenvalue weighted by molar-refractivity contribution is 5.88. The second-order valence-electron chi connectivity index (χ2n) is 10.9. The van der Waals surface area contributed by atoms with Crippen molar-refractivity contribution < 1.29 is 18.6 Å². The van der Waals surface area contributed by atoms with E-state index in [1.807, 2.05) is 18.3 Å². The van der Waals surface area contributed by atoms with Gasteiger partial charge in [-0.2, -0.15) is 0 Å². The topological polar surface area (TPSA) is 48.5 Å². The van der Waals surface area contributed by atoms with Gasteiger partial charge in [-0.25, -0.2) is 8.78 Å². The summed E-state index contributed by atoms with van der Waals surface area (Å²) in [6.07, 6.45) is 5.09. The number of aromatic amines is 1. The van der Waals surface area contributed by atoms with Gasteiger partial charge in [-0.1, -0.05) is 24.3 Å². The van der Waals surface area contributed by atoms with E-state index in [-0.39, 0.29) is 24.3 Å². The van der Waals surface area contributed by atoms with Gasteiger partial charge in [-0.15, -0.1) is 0 Å². The fourth-order valence-electron chi connectivity index (χ4n) is 6.47. The molecule has 3 aliphatic rings. The number of H-pyrrole nitrogens is 1. The molecule has 6 heteroatoms. The maximum atomic E-state index is 13.9. The predicted molar refractivity (Wildman–Crippen MR) is 128 cm³/mol. The Labute approximate surface area is 198 Å². The Hall–Kier alpha value is -2.44. The van der Waals surface area contributed by atoms with Gasteiger partial charge < -0.3 is 14.8 Å². The molecule has 2 aromatic carbocycles. The summed E-state index contributed by atoms with van der Waals surface area (Å²) in [7, 11) is 1.71. The van der Waals surface area contributed by atoms with Gasteiger partial charge >= 0.3 is 0 Å². The Kier molecular flexibility index (Phi) is 4.88. The summed E-state index contributed by atoms with van der Waals surface area (Å²) < 4.78 is 33.7. The third kappa shape index (κ3) is 3.62. The lowest BCUT2D eigenvalue weighted by Crippen LogP contribution is -2.53. The number of piperidine rings is 1. The van der Waals surface area contributed by atoms with E-state index >= 15 is 0 Å². The zero-order valence-corrected chi connectivity index (χ0v) is 19.8. The highest BCUT2D eigenvalue weighted by atomic mass is 19.3. The van der Waals surface area contributed by atoms with Crippen molar-refractivity contribution in [1.82, 2.24) is 9.88 Å². The first kappa shape index (κ1) is 22.1. The molecule has 0 amide bonds. The molecule has 4 nitrogen and oxygen atoms in total. The maximum absolute atomic E-state index is 13.9. The number of likely N-dealkylation sites (tertiary alicyclic amines) is 1. The minimum Gasteiger partial charge on any atom is -0.496 e. The smallest absolute Gasteiger partial charge is 0.249 e. The van der Waals surface area contributed by atoms with Gasteiger partial charge in [0.1, 0.15) is 5.75 Å². The van der Waals surface area contributed by atoms with E-state index in [1.165, 1.54) is 0 Å². The third-order valence-electron chi connectivity index (χ3n) is 8.51. The van der Waals surface area contributed by atoms with Gasteiger partial charge in [-0.05, 0) is 73.4 Å². The van der Waals surface area contributed by atoms with Crippen molar-refractivity contribution in [2.75, 3.05) is 13.7 Å². The molecule has 1 aromatic heterocycles. The summed E-state index contributed by atoms with van der Waals surface area (Å²) in [4.78, 5) is 5.78. The Bertz CT molecular complexity index is 1220. The van der Waals surface area contributed by atoms with Gasteiger partial charge in [0.25, 0.3) is 0 Å². The van der Waals surface area contributed by atoms with Gasteiger partial charge in [-0.3, -0.25) is 4.90 Å². The lowest BCUT2D eigenvalue weighted by atomic mass is 9.59. The number of hydrogen-bond donors (Lipinski definition) is 2. The van der Waals surface area contributed by atoms with Crippen LogP contribution >= 0.6 is 0 Å². The number of hydrogen-bond acceptors (Lipinski definition) is 3. The molecule has 180 valence electrons. The monoisotopic (exact) mass is 466 g/mol. The fourth-order valence-corrected chi connectivity index (χ4v) is 6.47. The zero-order chi connectivity index (χ0) is 23.7. The molecule has 2 heterocycles. The van der Waals surface area contributed by atoms with Crippen LogP contribution in [0.5, 0.6) is 5.75 Å². The average molecular weight is 467 g/mol. The number of rotatable bonds is 5. The molecule has 3 fully saturated rings. The van der Waals surface area contributed by atoms with Crippen molar-refractivity contribution in [3.8, 4) is 5.75 Å². The molecule has 1 spiro atoms. The fraction of sp³-hybridized carbons (Fsp3) is 0.500. The van der Waals surface area contributed by atoms with Gasteiger partial charge in [0.05, 0.1) is 12.7 Å². The molecule has 34 heavy (non-hydrogen) atoms.